The van der Waals surface area contributed by atoms with Crippen molar-refractivity contribution in [3.8, 4) is 0 Å². The van der Waals surface area contributed by atoms with Gasteiger partial charge in [-0.2, -0.15) is 0 Å². The minimum absolute atomic E-state index is 0.779. The monoisotopic (exact) mass is 261 g/mol. The maximum Gasteiger partial charge on any atom is 0.0466 e. The Balaban J connectivity index is 1.63. The lowest BCUT2D eigenvalue weighted by Gasteiger charge is -2.32. The number of hydrogen-bond acceptors (Lipinski definition) is 2. The highest BCUT2D eigenvalue weighted by Gasteiger charge is 2.19. The van der Waals surface area contributed by atoms with Crippen molar-refractivity contribution in [2.75, 3.05) is 32.8 Å². The number of unbranched alkanes of at least 4 members (excludes halogenated alkanes) is 1. The fourth-order valence-corrected chi connectivity index (χ4v) is 2.90. The van der Waals surface area contributed by atoms with Gasteiger partial charge in [0.2, 0.25) is 0 Å². The Bertz CT molecular complexity index is 330. The van der Waals surface area contributed by atoms with Gasteiger partial charge in [0.15, 0.2) is 0 Å². The van der Waals surface area contributed by atoms with E-state index in [0.29, 0.717) is 0 Å². The van der Waals surface area contributed by atoms with Gasteiger partial charge >= 0.3 is 0 Å². The number of rotatable bonds is 7. The van der Waals surface area contributed by atoms with Crippen LogP contribution in [0.15, 0.2) is 30.3 Å². The number of likely N-dealkylation sites (tertiary alicyclic amines) is 1. The van der Waals surface area contributed by atoms with E-state index in [1.807, 2.05) is 0 Å². The minimum atomic E-state index is 0.779. The van der Waals surface area contributed by atoms with Gasteiger partial charge in [-0.3, -0.25) is 0 Å². The Morgan fingerprint density at radius 1 is 1.11 bits per heavy atom. The largest absolute Gasteiger partial charge is 0.382 e. The molecule has 0 amide bonds. The molecule has 1 aliphatic heterocycles. The molecule has 106 valence electrons. The van der Waals surface area contributed by atoms with Gasteiger partial charge < -0.3 is 9.64 Å². The van der Waals surface area contributed by atoms with Gasteiger partial charge in [0, 0.05) is 13.2 Å². The van der Waals surface area contributed by atoms with E-state index in [1.54, 1.807) is 0 Å². The molecule has 0 spiro atoms. The molecular formula is C17H27NO. The minimum Gasteiger partial charge on any atom is -0.382 e. The number of ether oxygens (including phenoxy) is 1. The Labute approximate surface area is 117 Å². The van der Waals surface area contributed by atoms with Crippen LogP contribution < -0.4 is 0 Å². The molecule has 1 aromatic carbocycles. The fourth-order valence-electron chi connectivity index (χ4n) is 2.90. The fraction of sp³-hybridized carbons (Fsp3) is 0.647. The summed E-state index contributed by atoms with van der Waals surface area (Å²) < 4.78 is 5.38. The highest BCUT2D eigenvalue weighted by Crippen LogP contribution is 2.27. The molecule has 0 bridgehead atoms. The molecule has 0 N–H and O–H groups in total. The van der Waals surface area contributed by atoms with Gasteiger partial charge in [0.25, 0.3) is 0 Å². The molecular weight excluding hydrogens is 234 g/mol. The van der Waals surface area contributed by atoms with Crippen LogP contribution in [-0.4, -0.2) is 37.7 Å². The summed E-state index contributed by atoms with van der Waals surface area (Å²) in [6.07, 6.45) is 5.10. The first-order valence-corrected chi connectivity index (χ1v) is 7.75. The summed E-state index contributed by atoms with van der Waals surface area (Å²) in [4.78, 5) is 2.62. The van der Waals surface area contributed by atoms with Gasteiger partial charge in [-0.15, -0.1) is 0 Å². The average molecular weight is 261 g/mol. The molecule has 1 aromatic rings. The molecule has 2 heteroatoms. The number of nitrogens with zero attached hydrogens (tertiary/aromatic N) is 1. The number of benzene rings is 1. The number of piperidine rings is 1. The van der Waals surface area contributed by atoms with Crippen molar-refractivity contribution in [1.82, 2.24) is 4.90 Å². The second-order valence-electron chi connectivity index (χ2n) is 5.43. The standard InChI is InChI=1S/C17H27NO/c1-2-19-15-7-6-12-18-13-10-17(11-14-18)16-8-4-3-5-9-16/h3-5,8-9,17H,2,6-7,10-15H2,1H3. The van der Waals surface area contributed by atoms with Crippen molar-refractivity contribution in [2.24, 2.45) is 0 Å². The second-order valence-corrected chi connectivity index (χ2v) is 5.43. The summed E-state index contributed by atoms with van der Waals surface area (Å²) in [6.45, 7) is 7.60. The van der Waals surface area contributed by atoms with Crippen LogP contribution >= 0.6 is 0 Å². The van der Waals surface area contributed by atoms with E-state index in [-0.39, 0.29) is 0 Å². The van der Waals surface area contributed by atoms with E-state index < -0.39 is 0 Å². The van der Waals surface area contributed by atoms with E-state index >= 15 is 0 Å². The van der Waals surface area contributed by atoms with Crippen molar-refractivity contribution in [1.29, 1.82) is 0 Å². The van der Waals surface area contributed by atoms with Crippen LogP contribution in [0.4, 0.5) is 0 Å². The van der Waals surface area contributed by atoms with Gasteiger partial charge in [0.05, 0.1) is 0 Å². The summed E-state index contributed by atoms with van der Waals surface area (Å²) in [6, 6.07) is 11.0. The summed E-state index contributed by atoms with van der Waals surface area (Å²) >= 11 is 0. The maximum absolute atomic E-state index is 5.38. The molecule has 19 heavy (non-hydrogen) atoms. The van der Waals surface area contributed by atoms with E-state index in [4.69, 9.17) is 4.74 Å². The predicted molar refractivity (Wildman–Crippen MR) is 80.6 cm³/mol. The van der Waals surface area contributed by atoms with Crippen LogP contribution in [-0.2, 0) is 4.74 Å². The zero-order chi connectivity index (χ0) is 13.3. The highest BCUT2D eigenvalue weighted by atomic mass is 16.5. The maximum atomic E-state index is 5.38. The molecule has 1 aliphatic rings. The SMILES string of the molecule is CCOCCCCN1CCC(c2ccccc2)CC1. The Morgan fingerprint density at radius 2 is 1.84 bits per heavy atom. The van der Waals surface area contributed by atoms with Crippen LogP contribution in [0.25, 0.3) is 0 Å². The molecule has 1 heterocycles. The van der Waals surface area contributed by atoms with Crippen molar-refractivity contribution in [2.45, 2.75) is 38.5 Å². The molecule has 0 radical (unpaired) electrons. The molecule has 0 unspecified atom stereocenters. The Kier molecular flexibility index (Phi) is 6.38. The third kappa shape index (κ3) is 4.96. The van der Waals surface area contributed by atoms with Crippen molar-refractivity contribution in [3.05, 3.63) is 35.9 Å². The van der Waals surface area contributed by atoms with Gasteiger partial charge in [-0.25, -0.2) is 0 Å². The molecule has 1 saturated heterocycles. The van der Waals surface area contributed by atoms with Gasteiger partial charge in [-0.05, 0) is 63.7 Å². The van der Waals surface area contributed by atoms with Gasteiger partial charge in [0.1, 0.15) is 0 Å². The first kappa shape index (κ1) is 14.5. The summed E-state index contributed by atoms with van der Waals surface area (Å²) in [5.74, 6) is 0.779. The van der Waals surface area contributed by atoms with E-state index in [9.17, 15) is 0 Å². The summed E-state index contributed by atoms with van der Waals surface area (Å²) in [5, 5.41) is 0. The zero-order valence-corrected chi connectivity index (χ0v) is 12.2. The summed E-state index contributed by atoms with van der Waals surface area (Å²) in [5.41, 5.74) is 1.53. The molecule has 0 atom stereocenters. The average Bonchev–Trinajstić information content (AvgIpc) is 2.49. The Morgan fingerprint density at radius 3 is 2.53 bits per heavy atom. The van der Waals surface area contributed by atoms with Crippen molar-refractivity contribution in [3.63, 3.8) is 0 Å². The molecule has 0 aliphatic carbocycles. The lowest BCUT2D eigenvalue weighted by molar-refractivity contribution is 0.136. The third-order valence-electron chi connectivity index (χ3n) is 4.08. The molecule has 0 saturated carbocycles. The third-order valence-corrected chi connectivity index (χ3v) is 4.08. The van der Waals surface area contributed by atoms with Crippen LogP contribution in [0, 0.1) is 0 Å². The quantitative estimate of drug-likeness (QED) is 0.694. The zero-order valence-electron chi connectivity index (χ0n) is 12.2. The van der Waals surface area contributed by atoms with E-state index in [1.165, 1.54) is 50.9 Å². The molecule has 2 nitrogen and oxygen atoms in total. The lowest BCUT2D eigenvalue weighted by Crippen LogP contribution is -2.33. The molecule has 2 rings (SSSR count). The van der Waals surface area contributed by atoms with Crippen LogP contribution in [0.2, 0.25) is 0 Å². The smallest absolute Gasteiger partial charge is 0.0466 e. The topological polar surface area (TPSA) is 12.5 Å². The van der Waals surface area contributed by atoms with Gasteiger partial charge in [-0.1, -0.05) is 30.3 Å². The molecule has 1 fully saturated rings. The van der Waals surface area contributed by atoms with E-state index in [0.717, 1.165) is 19.1 Å². The van der Waals surface area contributed by atoms with Crippen molar-refractivity contribution < 1.29 is 4.74 Å². The van der Waals surface area contributed by atoms with Crippen molar-refractivity contribution >= 4 is 0 Å². The lowest BCUT2D eigenvalue weighted by atomic mass is 9.89. The molecule has 0 aromatic heterocycles. The van der Waals surface area contributed by atoms with Crippen LogP contribution in [0.5, 0.6) is 0 Å². The normalized spacial score (nSPS) is 17.7. The van der Waals surface area contributed by atoms with E-state index in [2.05, 4.69) is 42.2 Å². The van der Waals surface area contributed by atoms with Crippen LogP contribution in [0.3, 0.4) is 0 Å². The highest BCUT2D eigenvalue weighted by molar-refractivity contribution is 5.19. The Hall–Kier alpha value is -0.860. The second kappa shape index (κ2) is 8.34. The first-order valence-electron chi connectivity index (χ1n) is 7.75. The summed E-state index contributed by atoms with van der Waals surface area (Å²) in [7, 11) is 0. The van der Waals surface area contributed by atoms with Crippen LogP contribution in [0.1, 0.15) is 44.1 Å². The predicted octanol–water partition coefficient (Wildman–Crippen LogP) is 3.68. The first-order chi connectivity index (χ1) is 9.40. The number of hydrogen-bond donors (Lipinski definition) is 0.